The molecule has 0 spiro atoms. The number of piperidine rings is 1. The lowest BCUT2D eigenvalue weighted by Crippen LogP contribution is -2.39. The number of aromatic nitrogens is 1. The molecule has 0 bridgehead atoms. The van der Waals surface area contributed by atoms with Crippen LogP contribution in [0.4, 0.5) is 10.6 Å². The topological polar surface area (TPSA) is 65.5 Å². The average molecular weight is 249 g/mol. The number of hydrogen-bond donors (Lipinski definition) is 2. The number of hydrogen-bond acceptors (Lipinski definition) is 3. The minimum absolute atomic E-state index is 0.531. The van der Waals surface area contributed by atoms with E-state index in [1.165, 1.54) is 4.90 Å². The summed E-state index contributed by atoms with van der Waals surface area (Å²) in [7, 11) is 0. The lowest BCUT2D eigenvalue weighted by Gasteiger charge is -2.30. The molecule has 1 fully saturated rings. The van der Waals surface area contributed by atoms with Crippen molar-refractivity contribution in [3.63, 3.8) is 0 Å². The van der Waals surface area contributed by atoms with Crippen LogP contribution in [-0.2, 0) is 0 Å². The third-order valence-corrected chi connectivity index (χ3v) is 3.37. The maximum absolute atomic E-state index is 10.8. The lowest BCUT2D eigenvalue weighted by atomic mass is 9.97. The van der Waals surface area contributed by atoms with Crippen LogP contribution in [0.1, 0.15) is 18.4 Å². The largest absolute Gasteiger partial charge is 0.465 e. The third-order valence-electron chi connectivity index (χ3n) is 3.37. The number of carboxylic acid groups (broad SMARTS) is 1. The van der Waals surface area contributed by atoms with E-state index in [-0.39, 0.29) is 0 Å². The van der Waals surface area contributed by atoms with Gasteiger partial charge in [-0.25, -0.2) is 9.78 Å². The molecule has 0 radical (unpaired) electrons. The zero-order chi connectivity index (χ0) is 13.0. The van der Waals surface area contributed by atoms with Crippen molar-refractivity contribution in [1.29, 1.82) is 0 Å². The van der Waals surface area contributed by atoms with Gasteiger partial charge < -0.3 is 15.3 Å². The predicted octanol–water partition coefficient (Wildman–Crippen LogP) is 2.19. The van der Waals surface area contributed by atoms with Crippen LogP contribution in [0.25, 0.3) is 0 Å². The van der Waals surface area contributed by atoms with Crippen LogP contribution in [0.2, 0.25) is 0 Å². The maximum atomic E-state index is 10.8. The first kappa shape index (κ1) is 12.7. The molecule has 18 heavy (non-hydrogen) atoms. The number of likely N-dealkylation sites (tertiary alicyclic amines) is 1. The molecule has 0 unspecified atom stereocenters. The van der Waals surface area contributed by atoms with Crippen LogP contribution in [0.3, 0.4) is 0 Å². The highest BCUT2D eigenvalue weighted by Crippen LogP contribution is 2.17. The zero-order valence-corrected chi connectivity index (χ0v) is 10.6. The minimum atomic E-state index is -0.804. The SMILES string of the molecule is Cc1ccc(NCC2CCN(C(=O)O)CC2)nc1. The molecule has 1 aliphatic heterocycles. The van der Waals surface area contributed by atoms with Crippen LogP contribution in [0.15, 0.2) is 18.3 Å². The summed E-state index contributed by atoms with van der Waals surface area (Å²) in [4.78, 5) is 16.5. The van der Waals surface area contributed by atoms with E-state index in [2.05, 4.69) is 10.3 Å². The Morgan fingerprint density at radius 1 is 1.50 bits per heavy atom. The Labute approximate surface area is 107 Å². The standard InChI is InChI=1S/C13H19N3O2/c1-10-2-3-12(14-8-10)15-9-11-4-6-16(7-5-11)13(17)18/h2-3,8,11H,4-7,9H2,1H3,(H,14,15)(H,17,18). The number of amides is 1. The van der Waals surface area contributed by atoms with E-state index < -0.39 is 6.09 Å². The summed E-state index contributed by atoms with van der Waals surface area (Å²) in [6.45, 7) is 4.16. The van der Waals surface area contributed by atoms with Gasteiger partial charge in [0.25, 0.3) is 0 Å². The molecule has 0 aromatic carbocycles. The molecular formula is C13H19N3O2. The van der Waals surface area contributed by atoms with Crippen molar-refractivity contribution in [3.8, 4) is 0 Å². The van der Waals surface area contributed by atoms with E-state index >= 15 is 0 Å². The number of nitrogens with zero attached hydrogens (tertiary/aromatic N) is 2. The highest BCUT2D eigenvalue weighted by Gasteiger charge is 2.21. The quantitative estimate of drug-likeness (QED) is 0.861. The predicted molar refractivity (Wildman–Crippen MR) is 69.8 cm³/mol. The van der Waals surface area contributed by atoms with Crippen molar-refractivity contribution in [2.45, 2.75) is 19.8 Å². The third kappa shape index (κ3) is 3.35. The Bertz CT molecular complexity index is 397. The van der Waals surface area contributed by atoms with Crippen molar-refractivity contribution >= 4 is 11.9 Å². The molecule has 0 aliphatic carbocycles. The second-order valence-electron chi connectivity index (χ2n) is 4.81. The summed E-state index contributed by atoms with van der Waals surface area (Å²) in [5, 5.41) is 12.2. The van der Waals surface area contributed by atoms with Gasteiger partial charge in [-0.15, -0.1) is 0 Å². The molecule has 1 aromatic rings. The number of rotatable bonds is 3. The fraction of sp³-hybridized carbons (Fsp3) is 0.538. The lowest BCUT2D eigenvalue weighted by molar-refractivity contribution is 0.126. The minimum Gasteiger partial charge on any atom is -0.465 e. The first-order chi connectivity index (χ1) is 8.65. The maximum Gasteiger partial charge on any atom is 0.407 e. The van der Waals surface area contributed by atoms with E-state index in [0.29, 0.717) is 19.0 Å². The summed E-state index contributed by atoms with van der Waals surface area (Å²) in [5.74, 6) is 1.42. The number of carbonyl (C=O) groups is 1. The normalized spacial score (nSPS) is 16.6. The van der Waals surface area contributed by atoms with Crippen molar-refractivity contribution in [1.82, 2.24) is 9.88 Å². The van der Waals surface area contributed by atoms with Crippen molar-refractivity contribution in [3.05, 3.63) is 23.9 Å². The second-order valence-corrected chi connectivity index (χ2v) is 4.81. The molecule has 2 heterocycles. The smallest absolute Gasteiger partial charge is 0.407 e. The van der Waals surface area contributed by atoms with Gasteiger partial charge in [-0.05, 0) is 37.3 Å². The van der Waals surface area contributed by atoms with E-state index in [9.17, 15) is 4.79 Å². The molecule has 1 saturated heterocycles. The molecule has 1 aliphatic rings. The highest BCUT2D eigenvalue weighted by atomic mass is 16.4. The van der Waals surface area contributed by atoms with Crippen molar-refractivity contribution in [2.24, 2.45) is 5.92 Å². The monoisotopic (exact) mass is 249 g/mol. The van der Waals surface area contributed by atoms with Gasteiger partial charge in [-0.3, -0.25) is 0 Å². The van der Waals surface area contributed by atoms with E-state index in [0.717, 1.165) is 30.8 Å². The van der Waals surface area contributed by atoms with E-state index in [4.69, 9.17) is 5.11 Å². The molecule has 2 N–H and O–H groups in total. The van der Waals surface area contributed by atoms with Gasteiger partial charge in [0, 0.05) is 25.8 Å². The molecule has 5 nitrogen and oxygen atoms in total. The second kappa shape index (κ2) is 5.71. The summed E-state index contributed by atoms with van der Waals surface area (Å²) in [6, 6.07) is 4.00. The first-order valence-electron chi connectivity index (χ1n) is 6.29. The molecule has 5 heteroatoms. The Morgan fingerprint density at radius 2 is 2.22 bits per heavy atom. The van der Waals surface area contributed by atoms with Gasteiger partial charge in [0.1, 0.15) is 5.82 Å². The average Bonchev–Trinajstić information content (AvgIpc) is 2.38. The molecule has 0 saturated carbocycles. The number of aryl methyl sites for hydroxylation is 1. The summed E-state index contributed by atoms with van der Waals surface area (Å²) in [6.07, 6.45) is 2.88. The van der Waals surface area contributed by atoms with Crippen molar-refractivity contribution < 1.29 is 9.90 Å². The van der Waals surface area contributed by atoms with Crippen LogP contribution >= 0.6 is 0 Å². The summed E-state index contributed by atoms with van der Waals surface area (Å²) < 4.78 is 0. The zero-order valence-electron chi connectivity index (χ0n) is 10.6. The van der Waals surface area contributed by atoms with Gasteiger partial charge in [0.15, 0.2) is 0 Å². The van der Waals surface area contributed by atoms with Gasteiger partial charge >= 0.3 is 6.09 Å². The van der Waals surface area contributed by atoms with E-state index in [1.54, 1.807) is 0 Å². The highest BCUT2D eigenvalue weighted by molar-refractivity contribution is 5.64. The molecule has 98 valence electrons. The fourth-order valence-corrected chi connectivity index (χ4v) is 2.15. The number of nitrogens with one attached hydrogen (secondary N) is 1. The summed E-state index contributed by atoms with van der Waals surface area (Å²) >= 11 is 0. The molecular weight excluding hydrogens is 230 g/mol. The Kier molecular flexibility index (Phi) is 4.02. The van der Waals surface area contributed by atoms with Gasteiger partial charge in [-0.2, -0.15) is 0 Å². The van der Waals surface area contributed by atoms with Crippen LogP contribution < -0.4 is 5.32 Å². The van der Waals surface area contributed by atoms with Gasteiger partial charge in [-0.1, -0.05) is 6.07 Å². The number of anilines is 1. The van der Waals surface area contributed by atoms with Gasteiger partial charge in [0.2, 0.25) is 0 Å². The fourth-order valence-electron chi connectivity index (χ4n) is 2.15. The van der Waals surface area contributed by atoms with Crippen LogP contribution in [0.5, 0.6) is 0 Å². The van der Waals surface area contributed by atoms with Gasteiger partial charge in [0.05, 0.1) is 0 Å². The van der Waals surface area contributed by atoms with Crippen LogP contribution in [-0.4, -0.2) is 40.7 Å². The first-order valence-corrected chi connectivity index (χ1v) is 6.29. The molecule has 1 aromatic heterocycles. The van der Waals surface area contributed by atoms with Crippen LogP contribution in [0, 0.1) is 12.8 Å². The Balaban J connectivity index is 1.75. The number of pyridine rings is 1. The Morgan fingerprint density at radius 3 is 2.78 bits per heavy atom. The Hall–Kier alpha value is -1.78. The van der Waals surface area contributed by atoms with Crippen molar-refractivity contribution in [2.75, 3.05) is 25.0 Å². The summed E-state index contributed by atoms with van der Waals surface area (Å²) in [5.41, 5.74) is 1.15. The van der Waals surface area contributed by atoms with E-state index in [1.807, 2.05) is 25.3 Å². The molecule has 1 amide bonds. The molecule has 0 atom stereocenters. The molecule has 2 rings (SSSR count).